The third-order valence-corrected chi connectivity index (χ3v) is 2.83. The molecule has 0 radical (unpaired) electrons. The average molecular weight is 236 g/mol. The predicted molar refractivity (Wildman–Crippen MR) is 68.4 cm³/mol. The van der Waals surface area contributed by atoms with Gasteiger partial charge in [-0.05, 0) is 26.7 Å². The molecule has 0 spiro atoms. The first-order chi connectivity index (χ1) is 8.29. The SMILES string of the molecule is CCNc1ncc(C)c(NCC2CCCO2)n1. The monoisotopic (exact) mass is 236 g/mol. The van der Waals surface area contributed by atoms with Crippen molar-refractivity contribution in [3.63, 3.8) is 0 Å². The third kappa shape index (κ3) is 3.30. The van der Waals surface area contributed by atoms with Crippen molar-refractivity contribution in [2.75, 3.05) is 30.3 Å². The summed E-state index contributed by atoms with van der Waals surface area (Å²) in [6.45, 7) is 6.58. The number of aryl methyl sites for hydroxylation is 1. The summed E-state index contributed by atoms with van der Waals surface area (Å²) in [5.74, 6) is 1.57. The number of nitrogens with zero attached hydrogens (tertiary/aromatic N) is 2. The highest BCUT2D eigenvalue weighted by atomic mass is 16.5. The van der Waals surface area contributed by atoms with Gasteiger partial charge in [0.05, 0.1) is 6.10 Å². The summed E-state index contributed by atoms with van der Waals surface area (Å²) in [4.78, 5) is 8.65. The van der Waals surface area contributed by atoms with Gasteiger partial charge in [-0.15, -0.1) is 0 Å². The fraction of sp³-hybridized carbons (Fsp3) is 0.667. The van der Waals surface area contributed by atoms with E-state index >= 15 is 0 Å². The summed E-state index contributed by atoms with van der Waals surface area (Å²) in [6, 6.07) is 0. The standard InChI is InChI=1S/C12H20N4O/c1-3-13-12-15-7-9(2)11(16-12)14-8-10-5-4-6-17-10/h7,10H,3-6,8H2,1-2H3,(H2,13,14,15,16). The minimum absolute atomic E-state index is 0.326. The van der Waals surface area contributed by atoms with Gasteiger partial charge in [0.25, 0.3) is 0 Å². The maximum Gasteiger partial charge on any atom is 0.224 e. The molecule has 2 N–H and O–H groups in total. The van der Waals surface area contributed by atoms with Gasteiger partial charge in [0.1, 0.15) is 5.82 Å². The molecule has 0 aromatic carbocycles. The number of nitrogens with one attached hydrogen (secondary N) is 2. The quantitative estimate of drug-likeness (QED) is 0.816. The number of hydrogen-bond acceptors (Lipinski definition) is 5. The molecule has 1 unspecified atom stereocenters. The maximum absolute atomic E-state index is 5.57. The van der Waals surface area contributed by atoms with Crippen LogP contribution in [0.3, 0.4) is 0 Å². The molecule has 0 bridgehead atoms. The smallest absolute Gasteiger partial charge is 0.224 e. The highest BCUT2D eigenvalue weighted by Gasteiger charge is 2.15. The van der Waals surface area contributed by atoms with E-state index in [0.29, 0.717) is 12.1 Å². The van der Waals surface area contributed by atoms with Crippen LogP contribution in [0.1, 0.15) is 25.3 Å². The minimum atomic E-state index is 0.326. The summed E-state index contributed by atoms with van der Waals surface area (Å²) >= 11 is 0. The zero-order chi connectivity index (χ0) is 12.1. The predicted octanol–water partition coefficient (Wildman–Crippen LogP) is 1.81. The fourth-order valence-corrected chi connectivity index (χ4v) is 1.88. The van der Waals surface area contributed by atoms with Crippen molar-refractivity contribution in [3.8, 4) is 0 Å². The summed E-state index contributed by atoms with van der Waals surface area (Å²) < 4.78 is 5.57. The lowest BCUT2D eigenvalue weighted by molar-refractivity contribution is 0.120. The Bertz CT molecular complexity index is 364. The van der Waals surface area contributed by atoms with Crippen LogP contribution in [-0.4, -0.2) is 35.8 Å². The van der Waals surface area contributed by atoms with E-state index in [1.165, 1.54) is 0 Å². The number of hydrogen-bond donors (Lipinski definition) is 2. The molecule has 5 nitrogen and oxygen atoms in total. The molecule has 1 atom stereocenters. The van der Waals surface area contributed by atoms with Crippen LogP contribution in [0.25, 0.3) is 0 Å². The largest absolute Gasteiger partial charge is 0.376 e. The molecule has 1 aliphatic heterocycles. The van der Waals surface area contributed by atoms with Gasteiger partial charge in [0.15, 0.2) is 0 Å². The van der Waals surface area contributed by atoms with Gasteiger partial charge in [-0.3, -0.25) is 0 Å². The second-order valence-corrected chi connectivity index (χ2v) is 4.27. The Labute approximate surface area is 102 Å². The second kappa shape index (κ2) is 5.82. The molecule has 0 amide bonds. The van der Waals surface area contributed by atoms with Crippen LogP contribution >= 0.6 is 0 Å². The lowest BCUT2D eigenvalue weighted by atomic mass is 10.2. The van der Waals surface area contributed by atoms with Crippen LogP contribution in [-0.2, 0) is 4.74 Å². The van der Waals surface area contributed by atoms with Crippen LogP contribution in [0, 0.1) is 6.92 Å². The Morgan fingerprint density at radius 3 is 3.06 bits per heavy atom. The van der Waals surface area contributed by atoms with E-state index in [0.717, 1.165) is 43.9 Å². The van der Waals surface area contributed by atoms with E-state index < -0.39 is 0 Å². The fourth-order valence-electron chi connectivity index (χ4n) is 1.88. The van der Waals surface area contributed by atoms with Gasteiger partial charge in [0, 0.05) is 31.5 Å². The minimum Gasteiger partial charge on any atom is -0.376 e. The number of rotatable bonds is 5. The van der Waals surface area contributed by atoms with Gasteiger partial charge in [-0.25, -0.2) is 4.98 Å². The summed E-state index contributed by atoms with van der Waals surface area (Å²) in [5, 5.41) is 6.45. The molecule has 1 fully saturated rings. The maximum atomic E-state index is 5.57. The molecular weight excluding hydrogens is 216 g/mol. The summed E-state index contributed by atoms with van der Waals surface area (Å²) in [6.07, 6.45) is 4.46. The molecule has 1 saturated heterocycles. The van der Waals surface area contributed by atoms with Crippen LogP contribution in [0.2, 0.25) is 0 Å². The van der Waals surface area contributed by atoms with Crippen molar-refractivity contribution in [2.45, 2.75) is 32.8 Å². The first-order valence-corrected chi connectivity index (χ1v) is 6.22. The van der Waals surface area contributed by atoms with Crippen LogP contribution in [0.15, 0.2) is 6.20 Å². The molecule has 2 heterocycles. The van der Waals surface area contributed by atoms with Crippen molar-refractivity contribution in [1.82, 2.24) is 9.97 Å². The molecule has 17 heavy (non-hydrogen) atoms. The molecule has 0 aliphatic carbocycles. The van der Waals surface area contributed by atoms with Crippen molar-refractivity contribution in [3.05, 3.63) is 11.8 Å². The molecule has 0 saturated carbocycles. The Morgan fingerprint density at radius 1 is 1.47 bits per heavy atom. The molecule has 94 valence electrons. The van der Waals surface area contributed by atoms with Crippen LogP contribution in [0.5, 0.6) is 0 Å². The van der Waals surface area contributed by atoms with Crippen LogP contribution in [0.4, 0.5) is 11.8 Å². The topological polar surface area (TPSA) is 59.1 Å². The Balaban J connectivity index is 1.95. The van der Waals surface area contributed by atoms with Crippen molar-refractivity contribution < 1.29 is 4.74 Å². The lowest BCUT2D eigenvalue weighted by Crippen LogP contribution is -2.20. The highest BCUT2D eigenvalue weighted by Crippen LogP contribution is 2.16. The normalized spacial score (nSPS) is 19.3. The van der Waals surface area contributed by atoms with E-state index in [9.17, 15) is 0 Å². The van der Waals surface area contributed by atoms with Crippen LogP contribution < -0.4 is 10.6 Å². The van der Waals surface area contributed by atoms with E-state index in [4.69, 9.17) is 4.74 Å². The number of anilines is 2. The van der Waals surface area contributed by atoms with E-state index in [-0.39, 0.29) is 0 Å². The molecule has 1 aromatic heterocycles. The Hall–Kier alpha value is -1.36. The molecule has 2 rings (SSSR count). The van der Waals surface area contributed by atoms with Crippen molar-refractivity contribution >= 4 is 11.8 Å². The van der Waals surface area contributed by atoms with Gasteiger partial charge in [-0.1, -0.05) is 0 Å². The lowest BCUT2D eigenvalue weighted by Gasteiger charge is -2.13. The zero-order valence-corrected chi connectivity index (χ0v) is 10.5. The zero-order valence-electron chi connectivity index (χ0n) is 10.5. The molecule has 5 heteroatoms. The molecular formula is C12H20N4O. The van der Waals surface area contributed by atoms with E-state index in [1.807, 2.05) is 20.0 Å². The first kappa shape index (κ1) is 12.1. The van der Waals surface area contributed by atoms with Gasteiger partial charge >= 0.3 is 0 Å². The van der Waals surface area contributed by atoms with E-state index in [2.05, 4.69) is 20.6 Å². The van der Waals surface area contributed by atoms with Gasteiger partial charge < -0.3 is 15.4 Å². The highest BCUT2D eigenvalue weighted by molar-refractivity contribution is 5.46. The average Bonchev–Trinajstić information content (AvgIpc) is 2.83. The summed E-state index contributed by atoms with van der Waals surface area (Å²) in [5.41, 5.74) is 1.06. The number of aromatic nitrogens is 2. The Kier molecular flexibility index (Phi) is 4.14. The Morgan fingerprint density at radius 2 is 2.35 bits per heavy atom. The first-order valence-electron chi connectivity index (χ1n) is 6.22. The molecule has 1 aliphatic rings. The van der Waals surface area contributed by atoms with Crippen molar-refractivity contribution in [2.24, 2.45) is 0 Å². The number of ether oxygens (including phenoxy) is 1. The van der Waals surface area contributed by atoms with Crippen molar-refractivity contribution in [1.29, 1.82) is 0 Å². The third-order valence-electron chi connectivity index (χ3n) is 2.83. The van der Waals surface area contributed by atoms with E-state index in [1.54, 1.807) is 0 Å². The second-order valence-electron chi connectivity index (χ2n) is 4.27. The molecule has 1 aromatic rings. The van der Waals surface area contributed by atoms with Gasteiger partial charge in [-0.2, -0.15) is 4.98 Å². The van der Waals surface area contributed by atoms with Gasteiger partial charge in [0.2, 0.25) is 5.95 Å². The summed E-state index contributed by atoms with van der Waals surface area (Å²) in [7, 11) is 0.